The third-order valence-corrected chi connectivity index (χ3v) is 3.32. The van der Waals surface area contributed by atoms with Crippen molar-refractivity contribution in [2.24, 2.45) is 0 Å². The maximum Gasteiger partial charge on any atom is 0.265 e. The van der Waals surface area contributed by atoms with Gasteiger partial charge in [-0.3, -0.25) is 9.59 Å². The third kappa shape index (κ3) is 4.43. The van der Waals surface area contributed by atoms with Crippen LogP contribution in [0.1, 0.15) is 17.3 Å². The first-order valence-electron chi connectivity index (χ1n) is 6.37. The fraction of sp³-hybridized carbons (Fsp3) is 0.125. The molecule has 2 aromatic carbocycles. The quantitative estimate of drug-likeness (QED) is 0.839. The molecule has 0 radical (unpaired) electrons. The molecule has 0 bridgehead atoms. The zero-order chi connectivity index (χ0) is 15.2. The number of hydrogen-bond donors (Lipinski definition) is 1. The van der Waals surface area contributed by atoms with Gasteiger partial charge in [-0.2, -0.15) is 0 Å². The lowest BCUT2D eigenvalue weighted by Crippen LogP contribution is -2.30. The van der Waals surface area contributed by atoms with E-state index in [0.29, 0.717) is 17.0 Å². The molecule has 0 spiro atoms. The fourth-order valence-electron chi connectivity index (χ4n) is 1.70. The molecule has 108 valence electrons. The molecule has 2 rings (SSSR count). The Morgan fingerprint density at radius 3 is 2.62 bits per heavy atom. The minimum Gasteiger partial charge on any atom is -0.481 e. The van der Waals surface area contributed by atoms with Crippen molar-refractivity contribution in [2.45, 2.75) is 13.0 Å². The number of ether oxygens (including phenoxy) is 1. The summed E-state index contributed by atoms with van der Waals surface area (Å²) in [5, 5.41) is 2.76. The van der Waals surface area contributed by atoms with Gasteiger partial charge in [0.15, 0.2) is 6.10 Å². The second kappa shape index (κ2) is 7.04. The van der Waals surface area contributed by atoms with Crippen LogP contribution in [-0.4, -0.2) is 18.3 Å². The Bertz CT molecular complexity index is 640. The van der Waals surface area contributed by atoms with E-state index in [1.807, 2.05) is 12.1 Å². The average molecular weight is 348 g/mol. The monoisotopic (exact) mass is 347 g/mol. The van der Waals surface area contributed by atoms with Crippen molar-refractivity contribution in [1.29, 1.82) is 0 Å². The van der Waals surface area contributed by atoms with E-state index in [0.717, 1.165) is 10.8 Å². The Morgan fingerprint density at radius 2 is 1.95 bits per heavy atom. The minimum atomic E-state index is -0.671. The molecule has 1 amide bonds. The van der Waals surface area contributed by atoms with E-state index in [2.05, 4.69) is 21.2 Å². The van der Waals surface area contributed by atoms with E-state index in [1.165, 1.54) is 0 Å². The van der Waals surface area contributed by atoms with Crippen LogP contribution in [0.5, 0.6) is 5.75 Å². The maximum absolute atomic E-state index is 12.0. The van der Waals surface area contributed by atoms with E-state index in [-0.39, 0.29) is 5.91 Å². The summed E-state index contributed by atoms with van der Waals surface area (Å²) in [5.74, 6) is 0.229. The normalized spacial score (nSPS) is 11.5. The second-order valence-electron chi connectivity index (χ2n) is 4.45. The molecule has 4 nitrogen and oxygen atoms in total. The van der Waals surface area contributed by atoms with Crippen molar-refractivity contribution in [3.63, 3.8) is 0 Å². The van der Waals surface area contributed by atoms with Gasteiger partial charge in [-0.15, -0.1) is 0 Å². The lowest BCUT2D eigenvalue weighted by atomic mass is 10.2. The molecule has 0 heterocycles. The Morgan fingerprint density at radius 1 is 1.24 bits per heavy atom. The number of carbonyl (C=O) groups excluding carboxylic acids is 2. The number of aldehydes is 1. The van der Waals surface area contributed by atoms with Crippen molar-refractivity contribution < 1.29 is 14.3 Å². The molecule has 0 aliphatic carbocycles. The summed E-state index contributed by atoms with van der Waals surface area (Å²) in [6.07, 6.45) is 0.0648. The highest BCUT2D eigenvalue weighted by Gasteiger charge is 2.15. The van der Waals surface area contributed by atoms with Crippen LogP contribution in [0.3, 0.4) is 0 Å². The van der Waals surface area contributed by atoms with Crippen molar-refractivity contribution in [3.05, 3.63) is 58.6 Å². The SMILES string of the molecule is C[C@@H](Oc1cccc(C=O)c1)C(=O)Nc1ccc(Br)cc1. The van der Waals surface area contributed by atoms with E-state index < -0.39 is 6.10 Å². The van der Waals surface area contributed by atoms with Crippen molar-refractivity contribution in [2.75, 3.05) is 5.32 Å². The number of halogens is 1. The number of carbonyl (C=O) groups is 2. The summed E-state index contributed by atoms with van der Waals surface area (Å²) < 4.78 is 6.47. The highest BCUT2D eigenvalue weighted by atomic mass is 79.9. The van der Waals surface area contributed by atoms with Crippen LogP contribution < -0.4 is 10.1 Å². The summed E-state index contributed by atoms with van der Waals surface area (Å²) in [6.45, 7) is 1.65. The molecule has 1 N–H and O–H groups in total. The van der Waals surface area contributed by atoms with Crippen molar-refractivity contribution in [3.8, 4) is 5.75 Å². The molecule has 0 saturated carbocycles. The summed E-state index contributed by atoms with van der Waals surface area (Å²) in [6, 6.07) is 13.9. The standard InChI is InChI=1S/C16H14BrNO3/c1-11(21-15-4-2-3-12(9-15)10-19)16(20)18-14-7-5-13(17)6-8-14/h2-11H,1H3,(H,18,20)/t11-/m1/s1. The lowest BCUT2D eigenvalue weighted by Gasteiger charge is -2.15. The number of amides is 1. The van der Waals surface area contributed by atoms with Gasteiger partial charge in [-0.1, -0.05) is 28.1 Å². The largest absolute Gasteiger partial charge is 0.481 e. The van der Waals surface area contributed by atoms with Gasteiger partial charge in [-0.05, 0) is 43.3 Å². The average Bonchev–Trinajstić information content (AvgIpc) is 2.49. The molecule has 21 heavy (non-hydrogen) atoms. The zero-order valence-corrected chi connectivity index (χ0v) is 13.0. The number of rotatable bonds is 5. The predicted molar refractivity (Wildman–Crippen MR) is 84.7 cm³/mol. The molecule has 0 aromatic heterocycles. The Labute approximate surface area is 131 Å². The van der Waals surface area contributed by atoms with Gasteiger partial charge >= 0.3 is 0 Å². The Kier molecular flexibility index (Phi) is 5.11. The van der Waals surface area contributed by atoms with Gasteiger partial charge in [0.05, 0.1) is 0 Å². The van der Waals surface area contributed by atoms with Gasteiger partial charge < -0.3 is 10.1 Å². The van der Waals surface area contributed by atoms with Crippen LogP contribution >= 0.6 is 15.9 Å². The highest BCUT2D eigenvalue weighted by Crippen LogP contribution is 2.16. The first kappa shape index (κ1) is 15.3. The van der Waals surface area contributed by atoms with E-state index in [4.69, 9.17) is 4.74 Å². The Balaban J connectivity index is 1.98. The van der Waals surface area contributed by atoms with Crippen LogP contribution in [0, 0.1) is 0 Å². The van der Waals surface area contributed by atoms with Gasteiger partial charge in [0, 0.05) is 15.7 Å². The van der Waals surface area contributed by atoms with Crippen molar-refractivity contribution >= 4 is 33.8 Å². The molecule has 1 atom stereocenters. The minimum absolute atomic E-state index is 0.256. The van der Waals surface area contributed by atoms with Crippen LogP contribution in [0.25, 0.3) is 0 Å². The van der Waals surface area contributed by atoms with Gasteiger partial charge in [0.1, 0.15) is 12.0 Å². The summed E-state index contributed by atoms with van der Waals surface area (Å²) in [4.78, 5) is 22.7. The zero-order valence-electron chi connectivity index (χ0n) is 11.4. The van der Waals surface area contributed by atoms with E-state index in [9.17, 15) is 9.59 Å². The molecule has 0 saturated heterocycles. The van der Waals surface area contributed by atoms with E-state index in [1.54, 1.807) is 43.3 Å². The maximum atomic E-state index is 12.0. The van der Waals surface area contributed by atoms with Gasteiger partial charge in [-0.25, -0.2) is 0 Å². The van der Waals surface area contributed by atoms with Crippen LogP contribution in [0.2, 0.25) is 0 Å². The molecular formula is C16H14BrNO3. The smallest absolute Gasteiger partial charge is 0.265 e. The molecule has 0 aliphatic heterocycles. The third-order valence-electron chi connectivity index (χ3n) is 2.79. The first-order chi connectivity index (χ1) is 10.1. The highest BCUT2D eigenvalue weighted by molar-refractivity contribution is 9.10. The van der Waals surface area contributed by atoms with Gasteiger partial charge in [0.2, 0.25) is 0 Å². The molecule has 2 aromatic rings. The molecular weight excluding hydrogens is 334 g/mol. The van der Waals surface area contributed by atoms with E-state index >= 15 is 0 Å². The number of anilines is 1. The van der Waals surface area contributed by atoms with Crippen molar-refractivity contribution in [1.82, 2.24) is 0 Å². The summed E-state index contributed by atoms with van der Waals surface area (Å²) in [7, 11) is 0. The fourth-order valence-corrected chi connectivity index (χ4v) is 1.96. The van der Waals surface area contributed by atoms with Crippen LogP contribution in [-0.2, 0) is 4.79 Å². The lowest BCUT2D eigenvalue weighted by molar-refractivity contribution is -0.122. The summed E-state index contributed by atoms with van der Waals surface area (Å²) in [5.41, 5.74) is 1.20. The first-order valence-corrected chi connectivity index (χ1v) is 7.16. The number of hydrogen-bond acceptors (Lipinski definition) is 3. The molecule has 0 unspecified atom stereocenters. The number of benzene rings is 2. The second-order valence-corrected chi connectivity index (χ2v) is 5.36. The molecule has 0 fully saturated rings. The Hall–Kier alpha value is -2.14. The van der Waals surface area contributed by atoms with Crippen LogP contribution in [0.4, 0.5) is 5.69 Å². The summed E-state index contributed by atoms with van der Waals surface area (Å²) >= 11 is 3.33. The van der Waals surface area contributed by atoms with Crippen LogP contribution in [0.15, 0.2) is 53.0 Å². The molecule has 0 aliphatic rings. The number of nitrogens with one attached hydrogen (secondary N) is 1. The topological polar surface area (TPSA) is 55.4 Å². The van der Waals surface area contributed by atoms with Gasteiger partial charge in [0.25, 0.3) is 5.91 Å². The predicted octanol–water partition coefficient (Wildman–Crippen LogP) is 3.67. The molecule has 5 heteroatoms.